The molecule has 0 bridgehead atoms. The summed E-state index contributed by atoms with van der Waals surface area (Å²) in [6.45, 7) is 4.62. The average molecular weight is 288 g/mol. The molecule has 5 nitrogen and oxygen atoms in total. The van der Waals surface area contributed by atoms with Crippen LogP contribution in [0.4, 0.5) is 5.88 Å². The minimum absolute atomic E-state index is 0.377. The summed E-state index contributed by atoms with van der Waals surface area (Å²) in [6.07, 6.45) is -0.00154. The van der Waals surface area contributed by atoms with Gasteiger partial charge >= 0.3 is 0 Å². The van der Waals surface area contributed by atoms with Crippen LogP contribution in [0.2, 0.25) is 0 Å². The molecule has 0 unspecified atom stereocenters. The Bertz CT molecular complexity index is 574. The molecule has 3 rings (SSSR count). The number of morpholine rings is 1. The molecule has 1 aliphatic rings. The van der Waals surface area contributed by atoms with Crippen molar-refractivity contribution in [3.05, 3.63) is 47.5 Å². The number of aliphatic hydroxyl groups excluding tert-OH is 1. The van der Waals surface area contributed by atoms with Crippen LogP contribution >= 0.6 is 0 Å². The Morgan fingerprint density at radius 3 is 2.62 bits per heavy atom. The van der Waals surface area contributed by atoms with Gasteiger partial charge in [-0.3, -0.25) is 0 Å². The lowest BCUT2D eigenvalue weighted by Gasteiger charge is -2.26. The second-order valence-corrected chi connectivity index (χ2v) is 5.24. The van der Waals surface area contributed by atoms with E-state index in [4.69, 9.17) is 9.15 Å². The van der Waals surface area contributed by atoms with E-state index in [9.17, 15) is 5.11 Å². The van der Waals surface area contributed by atoms with Gasteiger partial charge in [0, 0.05) is 19.5 Å². The maximum Gasteiger partial charge on any atom is 0.225 e. The number of nitrogens with zero attached hydrogens (tertiary/aromatic N) is 2. The van der Waals surface area contributed by atoms with E-state index in [-0.39, 0.29) is 0 Å². The Labute approximate surface area is 124 Å². The molecule has 5 heteroatoms. The zero-order valence-electron chi connectivity index (χ0n) is 12.2. The summed E-state index contributed by atoms with van der Waals surface area (Å²) in [6, 6.07) is 10.2. The van der Waals surface area contributed by atoms with Crippen LogP contribution in [0, 0.1) is 0 Å². The van der Waals surface area contributed by atoms with E-state index in [2.05, 4.69) is 22.0 Å². The second-order valence-electron chi connectivity index (χ2n) is 5.24. The van der Waals surface area contributed by atoms with Gasteiger partial charge < -0.3 is 19.2 Å². The van der Waals surface area contributed by atoms with Crippen LogP contribution in [0.25, 0.3) is 0 Å². The number of hydrogen-bond acceptors (Lipinski definition) is 5. The zero-order valence-corrected chi connectivity index (χ0v) is 12.2. The van der Waals surface area contributed by atoms with Crippen molar-refractivity contribution in [2.45, 2.75) is 19.4 Å². The molecule has 1 atom stereocenters. The quantitative estimate of drug-likeness (QED) is 0.934. The van der Waals surface area contributed by atoms with E-state index in [0.717, 1.165) is 24.7 Å². The molecule has 112 valence electrons. The van der Waals surface area contributed by atoms with E-state index in [1.165, 1.54) is 5.56 Å². The lowest BCUT2D eigenvalue weighted by Crippen LogP contribution is -2.36. The number of rotatable bonds is 4. The van der Waals surface area contributed by atoms with Crippen LogP contribution in [-0.2, 0) is 11.2 Å². The van der Waals surface area contributed by atoms with Crippen molar-refractivity contribution in [2.75, 3.05) is 31.2 Å². The summed E-state index contributed by atoms with van der Waals surface area (Å²) in [5, 5.41) is 9.73. The standard InChI is InChI=1S/C16H20N2O3/c1-12(19)15-17-14(11-13-5-3-2-4-6-13)16(21-15)18-7-9-20-10-8-18/h2-6,12,19H,7-11H2,1H3/t12-/m0/s1. The van der Waals surface area contributed by atoms with Crippen LogP contribution in [-0.4, -0.2) is 36.4 Å². The Morgan fingerprint density at radius 2 is 1.95 bits per heavy atom. The molecule has 0 radical (unpaired) electrons. The van der Waals surface area contributed by atoms with Gasteiger partial charge in [0.2, 0.25) is 11.8 Å². The van der Waals surface area contributed by atoms with Gasteiger partial charge in [-0.15, -0.1) is 0 Å². The molecular formula is C16H20N2O3. The Hall–Kier alpha value is -1.85. The molecule has 1 aromatic heterocycles. The van der Waals surface area contributed by atoms with E-state index >= 15 is 0 Å². The summed E-state index contributed by atoms with van der Waals surface area (Å²) in [7, 11) is 0. The van der Waals surface area contributed by atoms with Gasteiger partial charge in [0.25, 0.3) is 0 Å². The SMILES string of the molecule is C[C@H](O)c1nc(Cc2ccccc2)c(N2CCOCC2)o1. The maximum absolute atomic E-state index is 9.73. The van der Waals surface area contributed by atoms with Gasteiger partial charge in [0.05, 0.1) is 13.2 Å². The summed E-state index contributed by atoms with van der Waals surface area (Å²) in [5.74, 6) is 1.14. The molecular weight excluding hydrogens is 268 g/mol. The van der Waals surface area contributed by atoms with Crippen LogP contribution < -0.4 is 4.90 Å². The molecule has 0 amide bonds. The molecule has 2 heterocycles. The predicted octanol–water partition coefficient (Wildman–Crippen LogP) is 2.16. The van der Waals surface area contributed by atoms with Gasteiger partial charge in [-0.25, -0.2) is 4.98 Å². The summed E-state index contributed by atoms with van der Waals surface area (Å²) >= 11 is 0. The average Bonchev–Trinajstić information content (AvgIpc) is 2.93. The minimum atomic E-state index is -0.700. The van der Waals surface area contributed by atoms with E-state index < -0.39 is 6.10 Å². The van der Waals surface area contributed by atoms with E-state index in [1.807, 2.05) is 18.2 Å². The fourth-order valence-corrected chi connectivity index (χ4v) is 2.46. The van der Waals surface area contributed by atoms with Gasteiger partial charge in [-0.1, -0.05) is 30.3 Å². The van der Waals surface area contributed by atoms with E-state index in [1.54, 1.807) is 6.92 Å². The first-order valence-corrected chi connectivity index (χ1v) is 7.28. The van der Waals surface area contributed by atoms with Crippen molar-refractivity contribution in [2.24, 2.45) is 0 Å². The van der Waals surface area contributed by atoms with Crippen LogP contribution in [0.1, 0.15) is 30.2 Å². The number of ether oxygens (including phenoxy) is 1. The van der Waals surface area contributed by atoms with Crippen molar-refractivity contribution >= 4 is 5.88 Å². The fourth-order valence-electron chi connectivity index (χ4n) is 2.46. The third-order valence-electron chi connectivity index (χ3n) is 3.56. The maximum atomic E-state index is 9.73. The third kappa shape index (κ3) is 3.25. The molecule has 1 saturated heterocycles. The predicted molar refractivity (Wildman–Crippen MR) is 79.4 cm³/mol. The number of oxazole rings is 1. The van der Waals surface area contributed by atoms with Crippen molar-refractivity contribution in [3.8, 4) is 0 Å². The molecule has 2 aromatic rings. The first-order valence-electron chi connectivity index (χ1n) is 7.28. The van der Waals surface area contributed by atoms with Gasteiger partial charge in [0.15, 0.2) is 0 Å². The molecule has 1 fully saturated rings. The van der Waals surface area contributed by atoms with Crippen molar-refractivity contribution in [3.63, 3.8) is 0 Å². The molecule has 1 aliphatic heterocycles. The van der Waals surface area contributed by atoms with Crippen LogP contribution in [0.5, 0.6) is 0 Å². The van der Waals surface area contributed by atoms with Gasteiger partial charge in [-0.2, -0.15) is 0 Å². The second kappa shape index (κ2) is 6.28. The first kappa shape index (κ1) is 14.1. The number of anilines is 1. The smallest absolute Gasteiger partial charge is 0.225 e. The highest BCUT2D eigenvalue weighted by molar-refractivity contribution is 5.44. The van der Waals surface area contributed by atoms with Crippen molar-refractivity contribution in [1.82, 2.24) is 4.98 Å². The lowest BCUT2D eigenvalue weighted by molar-refractivity contribution is 0.119. The number of aromatic nitrogens is 1. The zero-order chi connectivity index (χ0) is 14.7. The Kier molecular flexibility index (Phi) is 4.22. The van der Waals surface area contributed by atoms with E-state index in [0.29, 0.717) is 25.5 Å². The Balaban J connectivity index is 1.89. The third-order valence-corrected chi connectivity index (χ3v) is 3.56. The van der Waals surface area contributed by atoms with Crippen molar-refractivity contribution < 1.29 is 14.3 Å². The summed E-state index contributed by atoms with van der Waals surface area (Å²) < 4.78 is 11.2. The highest BCUT2D eigenvalue weighted by Crippen LogP contribution is 2.28. The molecule has 0 spiro atoms. The molecule has 0 saturated carbocycles. The topological polar surface area (TPSA) is 58.7 Å². The molecule has 21 heavy (non-hydrogen) atoms. The fraction of sp³-hybridized carbons (Fsp3) is 0.438. The normalized spacial score (nSPS) is 17.0. The van der Waals surface area contributed by atoms with Crippen LogP contribution in [0.15, 0.2) is 34.7 Å². The first-order chi connectivity index (χ1) is 10.2. The van der Waals surface area contributed by atoms with Crippen molar-refractivity contribution in [1.29, 1.82) is 0 Å². The highest BCUT2D eigenvalue weighted by Gasteiger charge is 2.23. The molecule has 1 N–H and O–H groups in total. The summed E-state index contributed by atoms with van der Waals surface area (Å²) in [4.78, 5) is 6.62. The molecule has 0 aliphatic carbocycles. The lowest BCUT2D eigenvalue weighted by atomic mass is 10.1. The van der Waals surface area contributed by atoms with Gasteiger partial charge in [0.1, 0.15) is 11.8 Å². The Morgan fingerprint density at radius 1 is 1.24 bits per heavy atom. The summed E-state index contributed by atoms with van der Waals surface area (Å²) in [5.41, 5.74) is 2.05. The monoisotopic (exact) mass is 288 g/mol. The highest BCUT2D eigenvalue weighted by atomic mass is 16.5. The van der Waals surface area contributed by atoms with Gasteiger partial charge in [-0.05, 0) is 12.5 Å². The number of aliphatic hydroxyl groups is 1. The number of hydrogen-bond donors (Lipinski definition) is 1. The largest absolute Gasteiger partial charge is 0.422 e. The van der Waals surface area contributed by atoms with Crippen LogP contribution in [0.3, 0.4) is 0 Å². The minimum Gasteiger partial charge on any atom is -0.422 e. The number of benzene rings is 1. The molecule has 1 aromatic carbocycles.